The van der Waals surface area contributed by atoms with Crippen molar-refractivity contribution in [2.24, 2.45) is 5.73 Å². The maximum Gasteiger partial charge on any atom is 0.239 e. The number of aryl methyl sites for hydroxylation is 1. The lowest BCUT2D eigenvalue weighted by Gasteiger charge is -2.10. The molecule has 0 radical (unpaired) electrons. The lowest BCUT2D eigenvalue weighted by atomic mass is 10.2. The molecule has 1 unspecified atom stereocenters. The summed E-state index contributed by atoms with van der Waals surface area (Å²) >= 11 is 0. The van der Waals surface area contributed by atoms with Crippen LogP contribution in [0.15, 0.2) is 22.6 Å². The van der Waals surface area contributed by atoms with Gasteiger partial charge in [-0.25, -0.2) is 4.98 Å². The molecule has 0 aliphatic carbocycles. The summed E-state index contributed by atoms with van der Waals surface area (Å²) in [7, 11) is 1.51. The fraction of sp³-hybridized carbons (Fsp3) is 0.429. The summed E-state index contributed by atoms with van der Waals surface area (Å²) < 4.78 is 10.4. The average molecular weight is 277 g/mol. The Bertz CT molecular complexity index is 594. The molecule has 0 fully saturated rings. The van der Waals surface area contributed by atoms with E-state index in [1.54, 1.807) is 0 Å². The molecule has 0 saturated heterocycles. The SMILES string of the molecule is COCC(N)C(=O)NCCc1nc2c(C)cccc2o1. The van der Waals surface area contributed by atoms with Crippen molar-refractivity contribution < 1.29 is 13.9 Å². The van der Waals surface area contributed by atoms with Crippen molar-refractivity contribution in [1.29, 1.82) is 0 Å². The van der Waals surface area contributed by atoms with Crippen molar-refractivity contribution in [3.63, 3.8) is 0 Å². The number of aromatic nitrogens is 1. The summed E-state index contributed by atoms with van der Waals surface area (Å²) in [6, 6.07) is 5.15. The number of methoxy groups -OCH3 is 1. The number of rotatable bonds is 6. The summed E-state index contributed by atoms with van der Waals surface area (Å²) in [4.78, 5) is 16.0. The Hall–Kier alpha value is -1.92. The molecule has 1 aromatic heterocycles. The number of para-hydroxylation sites is 1. The zero-order valence-corrected chi connectivity index (χ0v) is 11.7. The quantitative estimate of drug-likeness (QED) is 0.814. The average Bonchev–Trinajstić information content (AvgIpc) is 2.83. The lowest BCUT2D eigenvalue weighted by Crippen LogP contribution is -2.44. The molecular formula is C14H19N3O3. The van der Waals surface area contributed by atoms with E-state index < -0.39 is 6.04 Å². The van der Waals surface area contributed by atoms with E-state index in [4.69, 9.17) is 14.9 Å². The molecule has 3 N–H and O–H groups in total. The van der Waals surface area contributed by atoms with Gasteiger partial charge in [-0.3, -0.25) is 4.79 Å². The second-order valence-corrected chi connectivity index (χ2v) is 4.63. The zero-order chi connectivity index (χ0) is 14.5. The number of nitrogens with two attached hydrogens (primary N) is 1. The number of hydrogen-bond donors (Lipinski definition) is 2. The van der Waals surface area contributed by atoms with Crippen molar-refractivity contribution in [2.75, 3.05) is 20.3 Å². The highest BCUT2D eigenvalue weighted by atomic mass is 16.5. The molecule has 2 aromatic rings. The molecule has 20 heavy (non-hydrogen) atoms. The van der Waals surface area contributed by atoms with Gasteiger partial charge >= 0.3 is 0 Å². The van der Waals surface area contributed by atoms with E-state index in [2.05, 4.69) is 10.3 Å². The minimum absolute atomic E-state index is 0.202. The Morgan fingerprint density at radius 1 is 1.55 bits per heavy atom. The molecule has 1 amide bonds. The van der Waals surface area contributed by atoms with Crippen LogP contribution >= 0.6 is 0 Å². The van der Waals surface area contributed by atoms with Gasteiger partial charge in [0, 0.05) is 20.1 Å². The van der Waals surface area contributed by atoms with Crippen molar-refractivity contribution in [2.45, 2.75) is 19.4 Å². The van der Waals surface area contributed by atoms with Gasteiger partial charge in [0.05, 0.1) is 6.61 Å². The van der Waals surface area contributed by atoms with Gasteiger partial charge in [0.1, 0.15) is 11.6 Å². The van der Waals surface area contributed by atoms with Crippen LogP contribution in [-0.4, -0.2) is 37.2 Å². The summed E-state index contributed by atoms with van der Waals surface area (Å²) in [6.07, 6.45) is 0.527. The Balaban J connectivity index is 1.90. The summed E-state index contributed by atoms with van der Waals surface area (Å²) in [5.41, 5.74) is 8.32. The highest BCUT2D eigenvalue weighted by Gasteiger charge is 2.13. The standard InChI is InChI=1S/C14H19N3O3/c1-9-4-3-5-11-13(9)17-12(20-11)6-7-16-14(18)10(15)8-19-2/h3-5,10H,6-8,15H2,1-2H3,(H,16,18). The number of nitrogens with zero attached hydrogens (tertiary/aromatic N) is 1. The molecule has 2 rings (SSSR count). The first kappa shape index (κ1) is 14.5. The first-order chi connectivity index (χ1) is 9.61. The van der Waals surface area contributed by atoms with E-state index in [-0.39, 0.29) is 12.5 Å². The van der Waals surface area contributed by atoms with Crippen LogP contribution < -0.4 is 11.1 Å². The molecule has 1 atom stereocenters. The molecule has 0 saturated carbocycles. The fourth-order valence-electron chi connectivity index (χ4n) is 1.92. The number of nitrogens with one attached hydrogen (secondary N) is 1. The molecule has 1 aromatic carbocycles. The minimum atomic E-state index is -0.647. The number of fused-ring (bicyclic) bond motifs is 1. The predicted molar refractivity (Wildman–Crippen MR) is 75.3 cm³/mol. The molecule has 0 aliphatic heterocycles. The van der Waals surface area contributed by atoms with Crippen molar-refractivity contribution in [1.82, 2.24) is 10.3 Å². The summed E-state index contributed by atoms with van der Waals surface area (Å²) in [6.45, 7) is 2.62. The van der Waals surface area contributed by atoms with Crippen molar-refractivity contribution in [3.05, 3.63) is 29.7 Å². The van der Waals surface area contributed by atoms with Crippen molar-refractivity contribution >= 4 is 17.0 Å². The highest BCUT2D eigenvalue weighted by Crippen LogP contribution is 2.18. The van der Waals surface area contributed by atoms with E-state index >= 15 is 0 Å². The monoisotopic (exact) mass is 277 g/mol. The second kappa shape index (κ2) is 6.49. The normalized spacial score (nSPS) is 12.6. The first-order valence-corrected chi connectivity index (χ1v) is 6.49. The van der Waals surface area contributed by atoms with Crippen LogP contribution in [0.25, 0.3) is 11.1 Å². The third kappa shape index (κ3) is 3.34. The Morgan fingerprint density at radius 3 is 3.05 bits per heavy atom. The van der Waals surface area contributed by atoms with Crippen molar-refractivity contribution in [3.8, 4) is 0 Å². The maximum atomic E-state index is 11.6. The van der Waals surface area contributed by atoms with E-state index in [0.29, 0.717) is 18.9 Å². The van der Waals surface area contributed by atoms with Gasteiger partial charge in [0.25, 0.3) is 0 Å². The van der Waals surface area contributed by atoms with Gasteiger partial charge in [-0.2, -0.15) is 0 Å². The number of hydrogen-bond acceptors (Lipinski definition) is 5. The lowest BCUT2D eigenvalue weighted by molar-refractivity contribution is -0.123. The summed E-state index contributed by atoms with van der Waals surface area (Å²) in [5.74, 6) is 0.369. The molecule has 108 valence electrons. The van der Waals surface area contributed by atoms with Gasteiger partial charge in [-0.15, -0.1) is 0 Å². The van der Waals surface area contributed by atoms with Gasteiger partial charge in [0.15, 0.2) is 11.5 Å². The third-order valence-corrected chi connectivity index (χ3v) is 2.99. The summed E-state index contributed by atoms with van der Waals surface area (Å²) in [5, 5.41) is 2.73. The molecule has 1 heterocycles. The molecule has 0 bridgehead atoms. The van der Waals surface area contributed by atoms with Crippen LogP contribution in [-0.2, 0) is 16.0 Å². The second-order valence-electron chi connectivity index (χ2n) is 4.63. The highest BCUT2D eigenvalue weighted by molar-refractivity contribution is 5.81. The maximum absolute atomic E-state index is 11.6. The van der Waals surface area contributed by atoms with Crippen LogP contribution in [0.3, 0.4) is 0 Å². The first-order valence-electron chi connectivity index (χ1n) is 6.49. The van der Waals surface area contributed by atoms with Crippen LogP contribution in [0.1, 0.15) is 11.5 Å². The Labute approximate surface area is 117 Å². The largest absolute Gasteiger partial charge is 0.441 e. The van der Waals surface area contributed by atoms with Crippen LogP contribution in [0, 0.1) is 6.92 Å². The number of amides is 1. The third-order valence-electron chi connectivity index (χ3n) is 2.99. The number of carbonyl (C=O) groups is 1. The van der Waals surface area contributed by atoms with E-state index in [0.717, 1.165) is 16.7 Å². The molecule has 6 nitrogen and oxygen atoms in total. The minimum Gasteiger partial charge on any atom is -0.441 e. The van der Waals surface area contributed by atoms with Crippen LogP contribution in [0.4, 0.5) is 0 Å². The molecule has 0 spiro atoms. The van der Waals surface area contributed by atoms with Crippen LogP contribution in [0.2, 0.25) is 0 Å². The number of benzene rings is 1. The number of carbonyl (C=O) groups excluding carboxylic acids is 1. The number of oxazole rings is 1. The van der Waals surface area contributed by atoms with E-state index in [9.17, 15) is 4.79 Å². The van der Waals surface area contributed by atoms with Gasteiger partial charge in [-0.05, 0) is 18.6 Å². The smallest absolute Gasteiger partial charge is 0.239 e. The van der Waals surface area contributed by atoms with E-state index in [1.807, 2.05) is 25.1 Å². The van der Waals surface area contributed by atoms with Crippen LogP contribution in [0.5, 0.6) is 0 Å². The van der Waals surface area contributed by atoms with Gasteiger partial charge in [-0.1, -0.05) is 12.1 Å². The molecule has 0 aliphatic rings. The van der Waals surface area contributed by atoms with Gasteiger partial charge < -0.3 is 20.2 Å². The Kier molecular flexibility index (Phi) is 4.70. The zero-order valence-electron chi connectivity index (χ0n) is 11.7. The van der Waals surface area contributed by atoms with E-state index in [1.165, 1.54) is 7.11 Å². The molecule has 6 heteroatoms. The molecular weight excluding hydrogens is 258 g/mol. The Morgan fingerprint density at radius 2 is 2.35 bits per heavy atom. The predicted octanol–water partition coefficient (Wildman–Crippen LogP) is 0.769. The van der Waals surface area contributed by atoms with Gasteiger partial charge in [0.2, 0.25) is 5.91 Å². The number of ether oxygens (including phenoxy) is 1. The topological polar surface area (TPSA) is 90.4 Å². The fourth-order valence-corrected chi connectivity index (χ4v) is 1.92.